The van der Waals surface area contributed by atoms with Gasteiger partial charge in [0.2, 0.25) is 11.8 Å². The van der Waals surface area contributed by atoms with Crippen molar-refractivity contribution < 1.29 is 28.8 Å². The van der Waals surface area contributed by atoms with Crippen molar-refractivity contribution in [3.05, 3.63) is 42.5 Å². The molecule has 1 N–H and O–H groups in total. The Kier molecular flexibility index (Phi) is 4.69. The number of carboxylic acids is 1. The molecule has 2 aliphatic rings. The van der Waals surface area contributed by atoms with Crippen LogP contribution in [-0.2, 0) is 14.4 Å². The molecule has 2 atom stereocenters. The molecule has 158 valence electrons. The monoisotopic (exact) mass is 420 g/mol. The van der Waals surface area contributed by atoms with E-state index in [1.807, 2.05) is 0 Å². The van der Waals surface area contributed by atoms with Crippen molar-refractivity contribution in [1.82, 2.24) is 5.16 Å². The van der Waals surface area contributed by atoms with Gasteiger partial charge in [-0.15, -0.1) is 0 Å². The number of aliphatic carboxylic acids is 1. The van der Waals surface area contributed by atoms with E-state index >= 15 is 0 Å². The molecule has 1 saturated heterocycles. The number of ether oxygens (including phenoxy) is 1. The molecule has 5 rings (SSSR count). The Morgan fingerprint density at radius 2 is 1.81 bits per heavy atom. The molecule has 2 aromatic carbocycles. The van der Waals surface area contributed by atoms with Crippen LogP contribution in [0.15, 0.2) is 47.0 Å². The molecule has 0 spiro atoms. The lowest BCUT2D eigenvalue weighted by atomic mass is 9.81. The second-order valence-electron chi connectivity index (χ2n) is 7.90. The maximum absolute atomic E-state index is 13.0. The second kappa shape index (κ2) is 7.54. The minimum atomic E-state index is -1.09. The maximum Gasteiger partial charge on any atom is 0.341 e. The molecule has 2 heterocycles. The van der Waals surface area contributed by atoms with Gasteiger partial charge in [-0.3, -0.25) is 14.5 Å². The Bertz CT molecular complexity index is 1180. The average Bonchev–Trinajstić information content (AvgIpc) is 3.31. The van der Waals surface area contributed by atoms with Gasteiger partial charge >= 0.3 is 5.97 Å². The largest absolute Gasteiger partial charge is 0.481 e. The summed E-state index contributed by atoms with van der Waals surface area (Å²) in [5.41, 5.74) is 2.00. The molecule has 1 saturated carbocycles. The van der Waals surface area contributed by atoms with E-state index in [1.54, 1.807) is 42.5 Å². The van der Waals surface area contributed by atoms with E-state index in [1.165, 1.54) is 4.90 Å². The topological polar surface area (TPSA) is 110 Å². The number of hydrogen-bond acceptors (Lipinski definition) is 6. The molecule has 2 amide bonds. The van der Waals surface area contributed by atoms with Gasteiger partial charge in [-0.05, 0) is 43.2 Å². The van der Waals surface area contributed by atoms with Gasteiger partial charge in [0.15, 0.2) is 12.2 Å². The normalized spacial score (nSPS) is 20.8. The molecule has 1 aliphatic heterocycles. The summed E-state index contributed by atoms with van der Waals surface area (Å²) in [4.78, 5) is 38.2. The number of fused-ring (bicyclic) bond motifs is 2. The van der Waals surface area contributed by atoms with Crippen LogP contribution in [0, 0.1) is 11.8 Å². The first-order valence-electron chi connectivity index (χ1n) is 10.3. The number of nitrogens with zero attached hydrogens (tertiary/aromatic N) is 2. The Morgan fingerprint density at radius 3 is 2.52 bits per heavy atom. The molecular weight excluding hydrogens is 400 g/mol. The van der Waals surface area contributed by atoms with E-state index in [2.05, 4.69) is 5.16 Å². The van der Waals surface area contributed by atoms with Crippen LogP contribution in [0.4, 0.5) is 5.69 Å². The van der Waals surface area contributed by atoms with Crippen LogP contribution in [0.2, 0.25) is 0 Å². The average molecular weight is 420 g/mol. The number of hydrogen-bond donors (Lipinski definition) is 1. The maximum atomic E-state index is 13.0. The first-order chi connectivity index (χ1) is 15.0. The second-order valence-corrected chi connectivity index (χ2v) is 7.90. The van der Waals surface area contributed by atoms with Gasteiger partial charge < -0.3 is 14.4 Å². The van der Waals surface area contributed by atoms with Crippen LogP contribution in [-0.4, -0.2) is 34.7 Å². The third-order valence-electron chi connectivity index (χ3n) is 6.05. The summed E-state index contributed by atoms with van der Waals surface area (Å²) in [6.07, 6.45) is 3.44. The van der Waals surface area contributed by atoms with Crippen molar-refractivity contribution in [3.63, 3.8) is 0 Å². The number of carbonyl (C=O) groups excluding carboxylic acids is 2. The molecule has 3 aromatic rings. The summed E-state index contributed by atoms with van der Waals surface area (Å²) >= 11 is 0. The minimum absolute atomic E-state index is 0.141. The zero-order valence-corrected chi connectivity index (χ0v) is 16.6. The SMILES string of the molecule is O=C(O)COc1ccccc1-c1noc2ccc(N3C(=O)C4CCCCC4C3=O)cc12. The Hall–Kier alpha value is -3.68. The molecule has 8 heteroatoms. The predicted molar refractivity (Wildman–Crippen MR) is 111 cm³/mol. The van der Waals surface area contributed by atoms with Gasteiger partial charge in [0.05, 0.1) is 22.9 Å². The highest BCUT2D eigenvalue weighted by Crippen LogP contribution is 2.42. The van der Waals surface area contributed by atoms with E-state index in [-0.39, 0.29) is 23.7 Å². The summed E-state index contributed by atoms with van der Waals surface area (Å²) in [5.74, 6) is -1.48. The van der Waals surface area contributed by atoms with Crippen LogP contribution in [0.3, 0.4) is 0 Å². The van der Waals surface area contributed by atoms with Crippen molar-refractivity contribution in [2.75, 3.05) is 11.5 Å². The molecule has 0 radical (unpaired) electrons. The number of rotatable bonds is 5. The number of carboxylic acid groups (broad SMARTS) is 1. The molecule has 31 heavy (non-hydrogen) atoms. The van der Waals surface area contributed by atoms with E-state index in [9.17, 15) is 14.4 Å². The molecule has 2 fully saturated rings. The van der Waals surface area contributed by atoms with Gasteiger partial charge in [0.1, 0.15) is 11.4 Å². The summed E-state index contributed by atoms with van der Waals surface area (Å²) in [6.45, 7) is -0.488. The fourth-order valence-electron chi connectivity index (χ4n) is 4.60. The fraction of sp³-hybridized carbons (Fsp3) is 0.304. The van der Waals surface area contributed by atoms with E-state index < -0.39 is 12.6 Å². The quantitative estimate of drug-likeness (QED) is 0.628. The molecule has 0 bridgehead atoms. The lowest BCUT2D eigenvalue weighted by Gasteiger charge is -2.19. The first kappa shape index (κ1) is 19.3. The summed E-state index contributed by atoms with van der Waals surface area (Å²) < 4.78 is 10.8. The molecule has 1 aliphatic carbocycles. The van der Waals surface area contributed by atoms with Crippen molar-refractivity contribution >= 4 is 34.4 Å². The fourth-order valence-corrected chi connectivity index (χ4v) is 4.60. The molecule has 2 unspecified atom stereocenters. The van der Waals surface area contributed by atoms with Crippen molar-refractivity contribution in [1.29, 1.82) is 0 Å². The third kappa shape index (κ3) is 3.24. The van der Waals surface area contributed by atoms with E-state index in [0.29, 0.717) is 33.7 Å². The highest BCUT2D eigenvalue weighted by molar-refractivity contribution is 6.22. The number of amides is 2. The van der Waals surface area contributed by atoms with Gasteiger partial charge in [-0.25, -0.2) is 4.79 Å². The molecule has 1 aromatic heterocycles. The third-order valence-corrected chi connectivity index (χ3v) is 6.05. The zero-order chi connectivity index (χ0) is 21.5. The lowest BCUT2D eigenvalue weighted by Crippen LogP contribution is -2.30. The van der Waals surface area contributed by atoms with Gasteiger partial charge in [-0.2, -0.15) is 0 Å². The van der Waals surface area contributed by atoms with Crippen LogP contribution >= 0.6 is 0 Å². The Morgan fingerprint density at radius 1 is 1.10 bits per heavy atom. The van der Waals surface area contributed by atoms with Gasteiger partial charge in [0.25, 0.3) is 0 Å². The lowest BCUT2D eigenvalue weighted by molar-refractivity contribution is -0.139. The Labute approximate surface area is 177 Å². The van der Waals surface area contributed by atoms with Crippen LogP contribution in [0.5, 0.6) is 5.75 Å². The van der Waals surface area contributed by atoms with Gasteiger partial charge in [0, 0.05) is 5.56 Å². The number of anilines is 1. The standard InChI is InChI=1S/C23H20N2O6/c26-20(27)12-30-18-8-4-3-7-16(18)21-17-11-13(9-10-19(17)31-24-21)25-22(28)14-5-1-2-6-15(14)23(25)29/h3-4,7-11,14-15H,1-2,5-6,12H2,(H,26,27). The predicted octanol–water partition coefficient (Wildman–Crippen LogP) is 3.64. The summed E-state index contributed by atoms with van der Waals surface area (Å²) in [5, 5.41) is 13.7. The zero-order valence-electron chi connectivity index (χ0n) is 16.6. The number of para-hydroxylation sites is 1. The summed E-state index contributed by atoms with van der Waals surface area (Å²) in [6, 6.07) is 12.0. The number of carbonyl (C=O) groups is 3. The van der Waals surface area contributed by atoms with Gasteiger partial charge in [-0.1, -0.05) is 30.1 Å². The first-order valence-corrected chi connectivity index (χ1v) is 10.3. The molecule has 8 nitrogen and oxygen atoms in total. The van der Waals surface area contributed by atoms with Crippen LogP contribution < -0.4 is 9.64 Å². The highest BCUT2D eigenvalue weighted by Gasteiger charge is 2.48. The van der Waals surface area contributed by atoms with E-state index in [4.69, 9.17) is 14.4 Å². The van der Waals surface area contributed by atoms with Crippen LogP contribution in [0.1, 0.15) is 25.7 Å². The van der Waals surface area contributed by atoms with E-state index in [0.717, 1.165) is 25.7 Å². The minimum Gasteiger partial charge on any atom is -0.481 e. The number of imide groups is 1. The van der Waals surface area contributed by atoms with Crippen molar-refractivity contribution in [3.8, 4) is 17.0 Å². The van der Waals surface area contributed by atoms with Crippen LogP contribution in [0.25, 0.3) is 22.2 Å². The number of aromatic nitrogens is 1. The smallest absolute Gasteiger partial charge is 0.341 e. The molecular formula is C23H20N2O6. The number of benzene rings is 2. The van der Waals surface area contributed by atoms with Crippen molar-refractivity contribution in [2.24, 2.45) is 11.8 Å². The Balaban J connectivity index is 1.55. The highest BCUT2D eigenvalue weighted by atomic mass is 16.5. The summed E-state index contributed by atoms with van der Waals surface area (Å²) in [7, 11) is 0. The van der Waals surface area contributed by atoms with Crippen molar-refractivity contribution in [2.45, 2.75) is 25.7 Å².